The molecular weight excluding hydrogens is 210 g/mol. The van der Waals surface area contributed by atoms with E-state index in [4.69, 9.17) is 0 Å². The third-order valence-electron chi connectivity index (χ3n) is 2.41. The van der Waals surface area contributed by atoms with E-state index in [1.54, 1.807) is 12.3 Å². The van der Waals surface area contributed by atoms with Crippen LogP contribution in [0.2, 0.25) is 0 Å². The van der Waals surface area contributed by atoms with E-state index in [1.165, 1.54) is 5.56 Å². The van der Waals surface area contributed by atoms with E-state index in [1.807, 2.05) is 43.3 Å². The van der Waals surface area contributed by atoms with Crippen molar-refractivity contribution < 1.29 is 4.79 Å². The van der Waals surface area contributed by atoms with Crippen molar-refractivity contribution in [2.75, 3.05) is 14.1 Å². The molecule has 92 valence electrons. The number of allylic oxidation sites excluding steroid dienone is 1. The van der Waals surface area contributed by atoms with E-state index in [2.05, 4.69) is 13.8 Å². The Morgan fingerprint density at radius 3 is 2.29 bits per heavy atom. The van der Waals surface area contributed by atoms with Gasteiger partial charge >= 0.3 is 0 Å². The Balaban J connectivity index is 2.70. The number of rotatable bonds is 5. The summed E-state index contributed by atoms with van der Waals surface area (Å²) < 4.78 is 0. The number of benzene rings is 1. The van der Waals surface area contributed by atoms with Crippen LogP contribution in [0.3, 0.4) is 0 Å². The Kier molecular flexibility index (Phi) is 4.95. The molecule has 0 aliphatic rings. The summed E-state index contributed by atoms with van der Waals surface area (Å²) in [5.74, 6) is 0.694. The van der Waals surface area contributed by atoms with Gasteiger partial charge in [0.05, 0.1) is 0 Å². The normalized spacial score (nSPS) is 11.1. The van der Waals surface area contributed by atoms with Crippen LogP contribution in [0, 0.1) is 5.92 Å². The van der Waals surface area contributed by atoms with Gasteiger partial charge in [-0.15, -0.1) is 0 Å². The summed E-state index contributed by atoms with van der Waals surface area (Å²) in [6, 6.07) is 7.88. The van der Waals surface area contributed by atoms with E-state index in [-0.39, 0.29) is 5.78 Å². The first-order valence-corrected chi connectivity index (χ1v) is 5.97. The van der Waals surface area contributed by atoms with Gasteiger partial charge in [0.1, 0.15) is 0 Å². The Labute approximate surface area is 104 Å². The summed E-state index contributed by atoms with van der Waals surface area (Å²) in [4.78, 5) is 13.6. The third-order valence-corrected chi connectivity index (χ3v) is 2.41. The second-order valence-corrected chi connectivity index (χ2v) is 4.94. The minimum absolute atomic E-state index is 0.0507. The molecule has 0 amide bonds. The largest absolute Gasteiger partial charge is 0.383 e. The Hall–Kier alpha value is -1.57. The predicted octanol–water partition coefficient (Wildman–Crippen LogP) is 3.14. The number of nitrogens with zero attached hydrogens (tertiary/aromatic N) is 1. The summed E-state index contributed by atoms with van der Waals surface area (Å²) in [5, 5.41) is 0. The third kappa shape index (κ3) is 4.85. The van der Waals surface area contributed by atoms with Gasteiger partial charge in [0.2, 0.25) is 0 Å². The lowest BCUT2D eigenvalue weighted by Crippen LogP contribution is -2.03. The van der Waals surface area contributed by atoms with Crippen LogP contribution in [-0.2, 0) is 6.42 Å². The fourth-order valence-corrected chi connectivity index (χ4v) is 1.59. The van der Waals surface area contributed by atoms with E-state index in [9.17, 15) is 4.79 Å². The topological polar surface area (TPSA) is 20.3 Å². The van der Waals surface area contributed by atoms with Crippen LogP contribution in [0.25, 0.3) is 0 Å². The number of carbonyl (C=O) groups excluding carboxylic acids is 1. The maximum absolute atomic E-state index is 11.8. The minimum atomic E-state index is 0.0507. The van der Waals surface area contributed by atoms with Gasteiger partial charge in [0.25, 0.3) is 0 Å². The molecule has 0 aromatic heterocycles. The quantitative estimate of drug-likeness (QED) is 0.573. The molecule has 1 aromatic carbocycles. The fourth-order valence-electron chi connectivity index (χ4n) is 1.59. The molecule has 0 aliphatic heterocycles. The number of ketones is 1. The molecule has 0 radical (unpaired) electrons. The molecule has 0 fully saturated rings. The lowest BCUT2D eigenvalue weighted by molar-refractivity contribution is 0.104. The van der Waals surface area contributed by atoms with Crippen molar-refractivity contribution in [3.8, 4) is 0 Å². The molecule has 0 spiro atoms. The van der Waals surface area contributed by atoms with Crippen molar-refractivity contribution >= 4 is 5.78 Å². The highest BCUT2D eigenvalue weighted by Crippen LogP contribution is 2.10. The summed E-state index contributed by atoms with van der Waals surface area (Å²) in [6.45, 7) is 4.39. The van der Waals surface area contributed by atoms with Crippen molar-refractivity contribution in [1.82, 2.24) is 4.90 Å². The van der Waals surface area contributed by atoms with Gasteiger partial charge in [-0.3, -0.25) is 4.79 Å². The lowest BCUT2D eigenvalue weighted by atomic mass is 10.0. The van der Waals surface area contributed by atoms with E-state index >= 15 is 0 Å². The number of hydrogen-bond donors (Lipinski definition) is 0. The fraction of sp³-hybridized carbons (Fsp3) is 0.400. The highest BCUT2D eigenvalue weighted by Gasteiger charge is 2.02. The molecule has 1 aromatic rings. The maximum atomic E-state index is 11.8. The van der Waals surface area contributed by atoms with E-state index in [0.29, 0.717) is 5.92 Å². The summed E-state index contributed by atoms with van der Waals surface area (Å²) in [6.07, 6.45) is 4.42. The van der Waals surface area contributed by atoms with E-state index in [0.717, 1.165) is 12.0 Å². The molecule has 0 unspecified atom stereocenters. The average Bonchev–Trinajstić information content (AvgIpc) is 2.26. The highest BCUT2D eigenvalue weighted by atomic mass is 16.1. The molecule has 0 saturated carbocycles. The van der Waals surface area contributed by atoms with Crippen molar-refractivity contribution in [3.63, 3.8) is 0 Å². The first kappa shape index (κ1) is 13.5. The SMILES string of the molecule is CC(C)Cc1ccc(C(=O)/C=C/N(C)C)cc1. The molecule has 0 aliphatic carbocycles. The van der Waals surface area contributed by atoms with E-state index < -0.39 is 0 Å². The van der Waals surface area contributed by atoms with Crippen LogP contribution in [0.1, 0.15) is 29.8 Å². The van der Waals surface area contributed by atoms with Gasteiger partial charge < -0.3 is 4.90 Å². The van der Waals surface area contributed by atoms with Crippen LogP contribution in [0.5, 0.6) is 0 Å². The van der Waals surface area contributed by atoms with Gasteiger partial charge in [-0.05, 0) is 17.9 Å². The zero-order valence-corrected chi connectivity index (χ0v) is 11.1. The highest BCUT2D eigenvalue weighted by molar-refractivity contribution is 6.04. The van der Waals surface area contributed by atoms with Crippen LogP contribution in [-0.4, -0.2) is 24.8 Å². The maximum Gasteiger partial charge on any atom is 0.187 e. The van der Waals surface area contributed by atoms with Crippen LogP contribution >= 0.6 is 0 Å². The smallest absolute Gasteiger partial charge is 0.187 e. The molecule has 2 heteroatoms. The average molecular weight is 231 g/mol. The Morgan fingerprint density at radius 2 is 1.82 bits per heavy atom. The molecule has 0 N–H and O–H groups in total. The molecule has 17 heavy (non-hydrogen) atoms. The van der Waals surface area contributed by atoms with Crippen molar-refractivity contribution in [3.05, 3.63) is 47.7 Å². The number of carbonyl (C=O) groups is 1. The summed E-state index contributed by atoms with van der Waals surface area (Å²) >= 11 is 0. The van der Waals surface area contributed by atoms with Gasteiger partial charge in [-0.2, -0.15) is 0 Å². The van der Waals surface area contributed by atoms with Crippen molar-refractivity contribution in [2.24, 2.45) is 5.92 Å². The number of hydrogen-bond acceptors (Lipinski definition) is 2. The molecule has 0 atom stereocenters. The second kappa shape index (κ2) is 6.24. The first-order valence-electron chi connectivity index (χ1n) is 5.97. The minimum Gasteiger partial charge on any atom is -0.383 e. The standard InChI is InChI=1S/C15H21NO/c1-12(2)11-13-5-7-14(8-6-13)15(17)9-10-16(3)4/h5-10,12H,11H2,1-4H3/b10-9+. The molecule has 1 rings (SSSR count). The lowest BCUT2D eigenvalue weighted by Gasteiger charge is -2.06. The summed E-state index contributed by atoms with van der Waals surface area (Å²) in [5.41, 5.74) is 2.03. The van der Waals surface area contributed by atoms with Gasteiger partial charge in [-0.25, -0.2) is 0 Å². The van der Waals surface area contributed by atoms with Crippen LogP contribution < -0.4 is 0 Å². The molecule has 2 nitrogen and oxygen atoms in total. The Morgan fingerprint density at radius 1 is 1.24 bits per heavy atom. The van der Waals surface area contributed by atoms with Gasteiger partial charge in [-0.1, -0.05) is 38.1 Å². The van der Waals surface area contributed by atoms with Crippen LogP contribution in [0.4, 0.5) is 0 Å². The monoisotopic (exact) mass is 231 g/mol. The van der Waals surface area contributed by atoms with Gasteiger partial charge in [0, 0.05) is 31.9 Å². The second-order valence-electron chi connectivity index (χ2n) is 4.94. The molecule has 0 heterocycles. The van der Waals surface area contributed by atoms with Crippen LogP contribution in [0.15, 0.2) is 36.5 Å². The van der Waals surface area contributed by atoms with Crippen molar-refractivity contribution in [2.45, 2.75) is 20.3 Å². The zero-order chi connectivity index (χ0) is 12.8. The predicted molar refractivity (Wildman–Crippen MR) is 72.1 cm³/mol. The summed E-state index contributed by atoms with van der Waals surface area (Å²) in [7, 11) is 3.80. The molecule has 0 bridgehead atoms. The zero-order valence-electron chi connectivity index (χ0n) is 11.1. The first-order chi connectivity index (χ1) is 7.99. The molecular formula is C15H21NO. The Bertz CT molecular complexity index is 388. The van der Waals surface area contributed by atoms with Gasteiger partial charge in [0.15, 0.2) is 5.78 Å². The molecule has 0 saturated heterocycles. The van der Waals surface area contributed by atoms with Crippen molar-refractivity contribution in [1.29, 1.82) is 0 Å².